The summed E-state index contributed by atoms with van der Waals surface area (Å²) >= 11 is 0. The Labute approximate surface area is 241 Å². The molecule has 2 amide bonds. The maximum Gasteiger partial charge on any atom is 0.255 e. The maximum absolute atomic E-state index is 15.1. The second-order valence-electron chi connectivity index (χ2n) is 13.2. The minimum Gasteiger partial charge on any atom is -0.496 e. The van der Waals surface area contributed by atoms with Gasteiger partial charge in [0.05, 0.1) is 30.8 Å². The highest BCUT2D eigenvalue weighted by molar-refractivity contribution is 5.98. The van der Waals surface area contributed by atoms with E-state index < -0.39 is 17.1 Å². The Bertz CT molecular complexity index is 1230. The van der Waals surface area contributed by atoms with Crippen LogP contribution in [0.3, 0.4) is 0 Å². The van der Waals surface area contributed by atoms with Crippen LogP contribution in [0.25, 0.3) is 0 Å². The Hall–Kier alpha value is -3.15. The zero-order chi connectivity index (χ0) is 29.4. The number of amides is 2. The molecule has 1 aromatic rings. The predicted molar refractivity (Wildman–Crippen MR) is 150 cm³/mol. The number of carbonyl (C=O) groups excluding carboxylic acids is 3. The number of methoxy groups -OCH3 is 1. The van der Waals surface area contributed by atoms with E-state index in [2.05, 4.69) is 23.6 Å². The molecule has 4 saturated carbocycles. The summed E-state index contributed by atoms with van der Waals surface area (Å²) in [7, 11) is 1.39. The standard InChI is InChI=1S/C32H42FN3O5/c1-19(37)32(13-14-34)11-7-22(8-12-32)41-26-16-23(25(40-3)17-24(26)33)29(38)36-28-21-6-5-20(15-21)27(28)30(39)35-18-31(2)9-4-10-31/h16-17,20-22,27-28H,4-13,15,18H2,1-3H3,(H,35,39)(H,36,38)/t20-,21+,22?,27+,28-,32?/m1/s1. The van der Waals surface area contributed by atoms with Gasteiger partial charge in [-0.25, -0.2) is 4.39 Å². The monoisotopic (exact) mass is 567 g/mol. The van der Waals surface area contributed by atoms with Crippen LogP contribution >= 0.6 is 0 Å². The van der Waals surface area contributed by atoms with Crippen LogP contribution in [0.1, 0.15) is 94.8 Å². The van der Waals surface area contributed by atoms with Gasteiger partial charge < -0.3 is 20.1 Å². The molecule has 4 fully saturated rings. The first-order valence-electron chi connectivity index (χ1n) is 15.1. The lowest BCUT2D eigenvalue weighted by atomic mass is 9.69. The van der Waals surface area contributed by atoms with Crippen LogP contribution in [0.5, 0.6) is 11.5 Å². The molecule has 8 nitrogen and oxygen atoms in total. The van der Waals surface area contributed by atoms with Crippen molar-refractivity contribution in [1.82, 2.24) is 10.6 Å². The summed E-state index contributed by atoms with van der Waals surface area (Å²) in [6.45, 7) is 4.39. The quantitative estimate of drug-likeness (QED) is 0.407. The fraction of sp³-hybridized carbons (Fsp3) is 0.688. The minimum absolute atomic E-state index is 0.00285. The van der Waals surface area contributed by atoms with E-state index in [1.807, 2.05) is 0 Å². The van der Waals surface area contributed by atoms with Crippen molar-refractivity contribution in [3.63, 3.8) is 0 Å². The van der Waals surface area contributed by atoms with E-state index in [0.717, 1.165) is 38.2 Å². The molecule has 4 aliphatic carbocycles. The first-order valence-corrected chi connectivity index (χ1v) is 15.1. The molecule has 9 heteroatoms. The average molecular weight is 568 g/mol. The SMILES string of the molecule is COc1cc(F)c(OC2CCC(CC#N)(C(C)=O)CC2)cc1C(=O)N[C@@H]1[C@H]2CC[C@H](C2)[C@@H]1C(=O)NCC1(C)CCC1. The van der Waals surface area contributed by atoms with Crippen molar-refractivity contribution < 1.29 is 28.2 Å². The summed E-state index contributed by atoms with van der Waals surface area (Å²) in [5.41, 5.74) is -0.339. The largest absolute Gasteiger partial charge is 0.496 e. The maximum atomic E-state index is 15.1. The lowest BCUT2D eigenvalue weighted by Crippen LogP contribution is -2.51. The topological polar surface area (TPSA) is 118 Å². The third-order valence-corrected chi connectivity index (χ3v) is 10.6. The second kappa shape index (κ2) is 11.6. The normalized spacial score (nSPS) is 31.4. The number of nitriles is 1. The molecule has 0 aromatic heterocycles. The average Bonchev–Trinajstić information content (AvgIpc) is 3.54. The Morgan fingerprint density at radius 2 is 1.78 bits per heavy atom. The fourth-order valence-corrected chi connectivity index (χ4v) is 7.70. The molecule has 0 saturated heterocycles. The number of nitrogens with one attached hydrogen (secondary N) is 2. The molecule has 0 unspecified atom stereocenters. The zero-order valence-corrected chi connectivity index (χ0v) is 24.4. The van der Waals surface area contributed by atoms with Crippen molar-refractivity contribution in [2.75, 3.05) is 13.7 Å². The predicted octanol–water partition coefficient (Wildman–Crippen LogP) is 5.10. The van der Waals surface area contributed by atoms with Crippen LogP contribution in [0, 0.1) is 45.7 Å². The smallest absolute Gasteiger partial charge is 0.255 e. The van der Waals surface area contributed by atoms with Crippen LogP contribution in [0.4, 0.5) is 4.39 Å². The van der Waals surface area contributed by atoms with Gasteiger partial charge in [-0.15, -0.1) is 0 Å². The third kappa shape index (κ3) is 5.80. The first kappa shape index (κ1) is 29.3. The van der Waals surface area contributed by atoms with Gasteiger partial charge in [0.2, 0.25) is 5.91 Å². The number of hydrogen-bond acceptors (Lipinski definition) is 6. The summed E-state index contributed by atoms with van der Waals surface area (Å²) in [4.78, 5) is 39.2. The lowest BCUT2D eigenvalue weighted by molar-refractivity contribution is -0.129. The Morgan fingerprint density at radius 3 is 2.39 bits per heavy atom. The second-order valence-corrected chi connectivity index (χ2v) is 13.2. The number of ether oxygens (including phenoxy) is 2. The van der Waals surface area contributed by atoms with Crippen LogP contribution in [0.2, 0.25) is 0 Å². The van der Waals surface area contributed by atoms with E-state index in [4.69, 9.17) is 9.47 Å². The summed E-state index contributed by atoms with van der Waals surface area (Å²) in [5, 5.41) is 15.5. The molecule has 4 aliphatic rings. The number of rotatable bonds is 10. The van der Waals surface area contributed by atoms with Crippen molar-refractivity contribution in [3.05, 3.63) is 23.5 Å². The van der Waals surface area contributed by atoms with Crippen LogP contribution < -0.4 is 20.1 Å². The van der Waals surface area contributed by atoms with Crippen LogP contribution in [0.15, 0.2) is 12.1 Å². The molecule has 2 N–H and O–H groups in total. The van der Waals surface area contributed by atoms with Crippen molar-refractivity contribution in [1.29, 1.82) is 5.26 Å². The van der Waals surface area contributed by atoms with E-state index in [1.165, 1.54) is 26.5 Å². The highest BCUT2D eigenvalue weighted by Gasteiger charge is 2.52. The number of halogens is 1. The Kier molecular flexibility index (Phi) is 8.31. The van der Waals surface area contributed by atoms with E-state index in [-0.39, 0.29) is 70.5 Å². The number of fused-ring (bicyclic) bond motifs is 2. The molecular formula is C32H42FN3O5. The van der Waals surface area contributed by atoms with Gasteiger partial charge in [0, 0.05) is 30.5 Å². The van der Waals surface area contributed by atoms with E-state index in [1.54, 1.807) is 0 Å². The molecule has 4 atom stereocenters. The molecule has 5 rings (SSSR count). The van der Waals surface area contributed by atoms with Crippen molar-refractivity contribution in [2.45, 2.75) is 96.6 Å². The molecular weight excluding hydrogens is 525 g/mol. The molecule has 0 radical (unpaired) electrons. The number of nitrogens with zero attached hydrogens (tertiary/aromatic N) is 1. The van der Waals surface area contributed by atoms with Crippen molar-refractivity contribution >= 4 is 17.6 Å². The van der Waals surface area contributed by atoms with Crippen LogP contribution in [-0.2, 0) is 9.59 Å². The van der Waals surface area contributed by atoms with Crippen molar-refractivity contribution in [2.24, 2.45) is 28.6 Å². The van der Waals surface area contributed by atoms with E-state index in [9.17, 15) is 19.6 Å². The van der Waals surface area contributed by atoms with Gasteiger partial charge in [0.25, 0.3) is 5.91 Å². The Balaban J connectivity index is 1.28. The van der Waals surface area contributed by atoms with E-state index >= 15 is 4.39 Å². The Morgan fingerprint density at radius 1 is 1.07 bits per heavy atom. The summed E-state index contributed by atoms with van der Waals surface area (Å²) in [5.74, 6) is -0.781. The molecule has 0 spiro atoms. The highest BCUT2D eigenvalue weighted by Crippen LogP contribution is 2.49. The van der Waals surface area contributed by atoms with Gasteiger partial charge in [-0.3, -0.25) is 14.4 Å². The van der Waals surface area contributed by atoms with Gasteiger partial charge in [-0.2, -0.15) is 5.26 Å². The molecule has 222 valence electrons. The lowest BCUT2D eigenvalue weighted by Gasteiger charge is -2.39. The third-order valence-electron chi connectivity index (χ3n) is 10.6. The summed E-state index contributed by atoms with van der Waals surface area (Å²) in [6, 6.07) is 4.38. The minimum atomic E-state index is -0.669. The van der Waals surface area contributed by atoms with Gasteiger partial charge in [0.1, 0.15) is 11.5 Å². The highest BCUT2D eigenvalue weighted by atomic mass is 19.1. The van der Waals surface area contributed by atoms with E-state index in [0.29, 0.717) is 32.2 Å². The van der Waals surface area contributed by atoms with Gasteiger partial charge in [-0.05, 0) is 88.0 Å². The van der Waals surface area contributed by atoms with Gasteiger partial charge >= 0.3 is 0 Å². The number of Topliss-reactive ketones (excluding diaryl/α,β-unsaturated/α-hetero) is 1. The number of carbonyl (C=O) groups is 3. The van der Waals surface area contributed by atoms with Gasteiger partial charge in [0.15, 0.2) is 11.6 Å². The summed E-state index contributed by atoms with van der Waals surface area (Å²) in [6.07, 6.45) is 8.17. The molecule has 0 heterocycles. The molecule has 2 bridgehead atoms. The molecule has 41 heavy (non-hydrogen) atoms. The molecule has 1 aromatic carbocycles. The number of benzene rings is 1. The molecule has 0 aliphatic heterocycles. The fourth-order valence-electron chi connectivity index (χ4n) is 7.70. The number of ketones is 1. The summed E-state index contributed by atoms with van der Waals surface area (Å²) < 4.78 is 26.4. The first-order chi connectivity index (χ1) is 19.6. The van der Waals surface area contributed by atoms with Crippen LogP contribution in [-0.4, -0.2) is 43.4 Å². The zero-order valence-electron chi connectivity index (χ0n) is 24.4. The van der Waals surface area contributed by atoms with Gasteiger partial charge in [-0.1, -0.05) is 13.3 Å². The number of hydrogen-bond donors (Lipinski definition) is 2. The van der Waals surface area contributed by atoms with Crippen molar-refractivity contribution in [3.8, 4) is 17.6 Å².